The van der Waals surface area contributed by atoms with Gasteiger partial charge in [0.25, 0.3) is 15.9 Å². The van der Waals surface area contributed by atoms with Crippen LogP contribution < -0.4 is 20.1 Å². The first-order chi connectivity index (χ1) is 16.6. The van der Waals surface area contributed by atoms with E-state index in [9.17, 15) is 22.4 Å². The van der Waals surface area contributed by atoms with Crippen molar-refractivity contribution >= 4 is 33.2 Å². The lowest BCUT2D eigenvalue weighted by molar-refractivity contribution is -0.118. The zero-order chi connectivity index (χ0) is 25.6. The number of amides is 2. The van der Waals surface area contributed by atoms with Crippen molar-refractivity contribution in [2.45, 2.75) is 24.8 Å². The van der Waals surface area contributed by atoms with E-state index in [1.807, 2.05) is 0 Å². The fourth-order valence-corrected chi connectivity index (χ4v) is 4.27. The number of methoxy groups -OCH3 is 1. The fourth-order valence-electron chi connectivity index (χ4n) is 3.21. The molecular formula is C25H26FN3O5S. The number of sulfonamides is 1. The Bertz CT molecular complexity index is 1290. The van der Waals surface area contributed by atoms with Crippen molar-refractivity contribution in [3.63, 3.8) is 0 Å². The normalized spacial score (nSPS) is 12.0. The van der Waals surface area contributed by atoms with Crippen LogP contribution in [0.15, 0.2) is 77.7 Å². The van der Waals surface area contributed by atoms with Crippen LogP contribution in [0.25, 0.3) is 0 Å². The first-order valence-electron chi connectivity index (χ1n) is 10.7. The molecule has 8 nitrogen and oxygen atoms in total. The van der Waals surface area contributed by atoms with Gasteiger partial charge >= 0.3 is 0 Å². The predicted molar refractivity (Wildman–Crippen MR) is 131 cm³/mol. The Kier molecular flexibility index (Phi) is 8.08. The van der Waals surface area contributed by atoms with Crippen molar-refractivity contribution in [3.05, 3.63) is 84.2 Å². The highest BCUT2D eigenvalue weighted by atomic mass is 32.2. The minimum absolute atomic E-state index is 0.000387. The van der Waals surface area contributed by atoms with Crippen molar-refractivity contribution in [2.75, 3.05) is 17.1 Å². The van der Waals surface area contributed by atoms with Gasteiger partial charge in [-0.2, -0.15) is 0 Å². The van der Waals surface area contributed by atoms with E-state index in [0.29, 0.717) is 17.1 Å². The van der Waals surface area contributed by atoms with Gasteiger partial charge < -0.3 is 15.4 Å². The maximum atomic E-state index is 13.9. The van der Waals surface area contributed by atoms with Gasteiger partial charge in [0.1, 0.15) is 17.6 Å². The van der Waals surface area contributed by atoms with Crippen molar-refractivity contribution < 1.29 is 27.1 Å². The maximum absolute atomic E-state index is 13.9. The summed E-state index contributed by atoms with van der Waals surface area (Å²) in [4.78, 5) is 25.3. The first kappa shape index (κ1) is 25.7. The number of nitrogens with one attached hydrogen (secondary N) is 3. The van der Waals surface area contributed by atoms with Crippen molar-refractivity contribution in [1.82, 2.24) is 5.32 Å². The molecule has 184 valence electrons. The molecule has 10 heteroatoms. The molecule has 35 heavy (non-hydrogen) atoms. The van der Waals surface area contributed by atoms with Crippen molar-refractivity contribution in [2.24, 2.45) is 5.92 Å². The smallest absolute Gasteiger partial charge is 0.261 e. The Balaban J connectivity index is 1.68. The summed E-state index contributed by atoms with van der Waals surface area (Å²) in [5.41, 5.74) is 0.544. The number of hydrogen-bond donors (Lipinski definition) is 3. The number of hydrogen-bond acceptors (Lipinski definition) is 5. The summed E-state index contributed by atoms with van der Waals surface area (Å²) < 4.78 is 46.8. The molecule has 0 saturated carbocycles. The maximum Gasteiger partial charge on any atom is 0.261 e. The third-order valence-corrected chi connectivity index (χ3v) is 6.53. The molecule has 3 rings (SSSR count). The van der Waals surface area contributed by atoms with Crippen LogP contribution in [0.4, 0.5) is 15.8 Å². The Morgan fingerprint density at radius 2 is 1.49 bits per heavy atom. The average molecular weight is 500 g/mol. The summed E-state index contributed by atoms with van der Waals surface area (Å²) in [5.74, 6) is -1.61. The van der Waals surface area contributed by atoms with Gasteiger partial charge in [-0.25, -0.2) is 12.8 Å². The van der Waals surface area contributed by atoms with E-state index in [4.69, 9.17) is 4.74 Å². The highest BCUT2D eigenvalue weighted by molar-refractivity contribution is 7.92. The molecule has 0 saturated heterocycles. The number of halogens is 1. The Morgan fingerprint density at radius 1 is 0.886 bits per heavy atom. The van der Waals surface area contributed by atoms with Crippen LogP contribution >= 0.6 is 0 Å². The summed E-state index contributed by atoms with van der Waals surface area (Å²) in [7, 11) is -2.34. The van der Waals surface area contributed by atoms with Gasteiger partial charge in [0, 0.05) is 11.4 Å². The van der Waals surface area contributed by atoms with E-state index in [0.717, 1.165) is 0 Å². The van der Waals surface area contributed by atoms with Gasteiger partial charge in [0.2, 0.25) is 5.91 Å². The van der Waals surface area contributed by atoms with Crippen LogP contribution in [-0.4, -0.2) is 33.4 Å². The average Bonchev–Trinajstić information content (AvgIpc) is 2.83. The predicted octanol–water partition coefficient (Wildman–Crippen LogP) is 4.03. The van der Waals surface area contributed by atoms with E-state index in [1.165, 1.54) is 55.6 Å². The molecule has 0 spiro atoms. The van der Waals surface area contributed by atoms with E-state index in [-0.39, 0.29) is 16.4 Å². The van der Waals surface area contributed by atoms with Gasteiger partial charge in [-0.3, -0.25) is 14.3 Å². The highest BCUT2D eigenvalue weighted by Crippen LogP contribution is 2.21. The van der Waals surface area contributed by atoms with Crippen LogP contribution in [0.3, 0.4) is 0 Å². The van der Waals surface area contributed by atoms with Gasteiger partial charge in [0.15, 0.2) is 0 Å². The number of carbonyl (C=O) groups excluding carboxylic acids is 2. The number of ether oxygens (including phenoxy) is 1. The lowest BCUT2D eigenvalue weighted by Crippen LogP contribution is -2.47. The van der Waals surface area contributed by atoms with Gasteiger partial charge in [-0.15, -0.1) is 0 Å². The molecule has 0 fully saturated rings. The second-order valence-electron chi connectivity index (χ2n) is 8.02. The molecule has 0 aliphatic heterocycles. The third-order valence-electron chi connectivity index (χ3n) is 5.13. The Hall–Kier alpha value is -3.92. The summed E-state index contributed by atoms with van der Waals surface area (Å²) in [6.07, 6.45) is 0. The molecule has 0 radical (unpaired) electrons. The monoisotopic (exact) mass is 499 g/mol. The van der Waals surface area contributed by atoms with E-state index < -0.39 is 33.7 Å². The van der Waals surface area contributed by atoms with Gasteiger partial charge in [0.05, 0.1) is 17.6 Å². The minimum atomic E-state index is -3.85. The zero-order valence-corrected chi connectivity index (χ0v) is 20.2. The molecule has 0 aliphatic carbocycles. The second kappa shape index (κ2) is 11.0. The van der Waals surface area contributed by atoms with Gasteiger partial charge in [-0.05, 0) is 66.6 Å². The van der Waals surface area contributed by atoms with E-state index in [2.05, 4.69) is 15.4 Å². The fraction of sp³-hybridized carbons (Fsp3) is 0.200. The summed E-state index contributed by atoms with van der Waals surface area (Å²) in [5, 5.41) is 5.22. The zero-order valence-electron chi connectivity index (χ0n) is 19.4. The quantitative estimate of drug-likeness (QED) is 0.411. The lowest BCUT2D eigenvalue weighted by Gasteiger charge is -2.22. The molecule has 0 unspecified atom stereocenters. The third kappa shape index (κ3) is 6.57. The lowest BCUT2D eigenvalue weighted by atomic mass is 10.0. The number of anilines is 2. The van der Waals surface area contributed by atoms with Crippen molar-refractivity contribution in [1.29, 1.82) is 0 Å². The molecule has 0 aliphatic rings. The highest BCUT2D eigenvalue weighted by Gasteiger charge is 2.26. The molecule has 3 aromatic carbocycles. The molecule has 0 bridgehead atoms. The Morgan fingerprint density at radius 3 is 2.06 bits per heavy atom. The van der Waals surface area contributed by atoms with E-state index >= 15 is 0 Å². The number of rotatable bonds is 9. The van der Waals surface area contributed by atoms with Crippen LogP contribution in [0.5, 0.6) is 5.75 Å². The molecule has 3 aromatic rings. The number of carbonyl (C=O) groups is 2. The Labute approximate surface area is 203 Å². The topological polar surface area (TPSA) is 114 Å². The van der Waals surface area contributed by atoms with Crippen LogP contribution in [0.1, 0.15) is 24.2 Å². The van der Waals surface area contributed by atoms with Gasteiger partial charge in [-0.1, -0.05) is 26.0 Å². The van der Waals surface area contributed by atoms with E-state index in [1.54, 1.807) is 38.1 Å². The van der Waals surface area contributed by atoms with Crippen molar-refractivity contribution in [3.8, 4) is 5.75 Å². The van der Waals surface area contributed by atoms with Crippen LogP contribution in [0.2, 0.25) is 0 Å². The largest absolute Gasteiger partial charge is 0.497 e. The minimum Gasteiger partial charge on any atom is -0.497 e. The standard InChI is InChI=1S/C25H26FN3O5S/c1-16(2)23(28-24(30)21-6-4-5-7-22(21)26)25(31)27-17-10-14-20(15-11-17)35(32,33)29-18-8-12-19(34-3)13-9-18/h4-16,23,29H,1-3H3,(H,27,31)(H,28,30)/t23-/m0/s1. The molecule has 1 atom stereocenters. The van der Waals surface area contributed by atoms with Crippen LogP contribution in [0, 0.1) is 11.7 Å². The summed E-state index contributed by atoms with van der Waals surface area (Å²) >= 11 is 0. The summed E-state index contributed by atoms with van der Waals surface area (Å²) in [6, 6.07) is 16.6. The second-order valence-corrected chi connectivity index (χ2v) is 9.71. The number of benzene rings is 3. The molecule has 0 heterocycles. The molecule has 3 N–H and O–H groups in total. The summed E-state index contributed by atoms with van der Waals surface area (Å²) in [6.45, 7) is 3.48. The van der Waals surface area contributed by atoms with Crippen LogP contribution in [-0.2, 0) is 14.8 Å². The SMILES string of the molecule is COc1ccc(NS(=O)(=O)c2ccc(NC(=O)[C@@H](NC(=O)c3ccccc3F)C(C)C)cc2)cc1. The first-order valence-corrected chi connectivity index (χ1v) is 12.2. The molecule has 0 aromatic heterocycles. The molecular weight excluding hydrogens is 473 g/mol. The molecule has 2 amide bonds.